The Balaban J connectivity index is 1.12. The quantitative estimate of drug-likeness (QED) is 0.352. The van der Waals surface area contributed by atoms with Gasteiger partial charge in [0.25, 0.3) is 5.91 Å². The maximum absolute atomic E-state index is 12.5. The van der Waals surface area contributed by atoms with Crippen LogP contribution in [0.4, 0.5) is 5.69 Å². The molecule has 0 radical (unpaired) electrons. The van der Waals surface area contributed by atoms with Crippen LogP contribution < -0.4 is 10.6 Å². The van der Waals surface area contributed by atoms with Gasteiger partial charge in [-0.1, -0.05) is 30.3 Å². The van der Waals surface area contributed by atoms with Gasteiger partial charge in [0.1, 0.15) is 5.82 Å². The summed E-state index contributed by atoms with van der Waals surface area (Å²) >= 11 is 0. The lowest BCUT2D eigenvalue weighted by Gasteiger charge is -2.20. The number of aromatic amines is 1. The highest BCUT2D eigenvalue weighted by Gasteiger charge is 2.22. The first kappa shape index (κ1) is 23.4. The number of nitrogens with one attached hydrogen (secondary N) is 3. The molecule has 0 bridgehead atoms. The van der Waals surface area contributed by atoms with E-state index in [1.54, 1.807) is 29.2 Å². The number of benzene rings is 2. The Kier molecular flexibility index (Phi) is 7.13. The van der Waals surface area contributed by atoms with Crippen LogP contribution in [0, 0.1) is 5.92 Å². The molecule has 4 aromatic rings. The summed E-state index contributed by atoms with van der Waals surface area (Å²) in [7, 11) is 0. The van der Waals surface area contributed by atoms with Gasteiger partial charge in [0, 0.05) is 43.2 Å². The Hall–Kier alpha value is -4.31. The average molecular weight is 486 g/mol. The van der Waals surface area contributed by atoms with Crippen molar-refractivity contribution in [3.05, 3.63) is 78.4 Å². The molecule has 2 aromatic carbocycles. The Morgan fingerprint density at radius 1 is 1.06 bits per heavy atom. The zero-order valence-corrected chi connectivity index (χ0v) is 19.7. The lowest BCUT2D eigenvalue weighted by Crippen LogP contribution is -2.28. The van der Waals surface area contributed by atoms with Crippen LogP contribution in [0.5, 0.6) is 0 Å². The SMILES string of the molecule is O=C(NCCc1nc(-c2ccccc2)n[nH]1)c1ccc(-n2cc(NC(=O)C3CCOCC3)cn2)cc1. The largest absolute Gasteiger partial charge is 0.381 e. The Morgan fingerprint density at radius 3 is 2.61 bits per heavy atom. The van der Waals surface area contributed by atoms with E-state index in [9.17, 15) is 9.59 Å². The number of anilines is 1. The van der Waals surface area contributed by atoms with E-state index in [0.717, 1.165) is 24.1 Å². The summed E-state index contributed by atoms with van der Waals surface area (Å²) in [5, 5.41) is 17.3. The van der Waals surface area contributed by atoms with Crippen molar-refractivity contribution in [2.24, 2.45) is 5.92 Å². The minimum absolute atomic E-state index is 0.00788. The van der Waals surface area contributed by atoms with E-state index in [-0.39, 0.29) is 17.7 Å². The van der Waals surface area contributed by atoms with Gasteiger partial charge in [-0.25, -0.2) is 9.67 Å². The molecular weight excluding hydrogens is 458 g/mol. The maximum atomic E-state index is 12.5. The fourth-order valence-corrected chi connectivity index (χ4v) is 4.02. The second kappa shape index (κ2) is 11.0. The number of carbonyl (C=O) groups is 2. The highest BCUT2D eigenvalue weighted by Crippen LogP contribution is 2.19. The molecule has 0 atom stereocenters. The van der Waals surface area contributed by atoms with E-state index in [1.165, 1.54) is 0 Å². The highest BCUT2D eigenvalue weighted by atomic mass is 16.5. The topological polar surface area (TPSA) is 127 Å². The van der Waals surface area contributed by atoms with Crippen molar-refractivity contribution in [1.82, 2.24) is 30.3 Å². The number of H-pyrrole nitrogens is 1. The van der Waals surface area contributed by atoms with Gasteiger partial charge >= 0.3 is 0 Å². The highest BCUT2D eigenvalue weighted by molar-refractivity contribution is 5.94. The van der Waals surface area contributed by atoms with Crippen LogP contribution in [0.3, 0.4) is 0 Å². The number of rotatable bonds is 8. The van der Waals surface area contributed by atoms with E-state index in [2.05, 4.69) is 30.9 Å². The summed E-state index contributed by atoms with van der Waals surface area (Å²) in [4.78, 5) is 29.4. The molecule has 0 unspecified atom stereocenters. The molecule has 1 aliphatic rings. The third-order valence-electron chi connectivity index (χ3n) is 6.05. The third-order valence-corrected chi connectivity index (χ3v) is 6.05. The van der Waals surface area contributed by atoms with Crippen LogP contribution in [0.15, 0.2) is 67.0 Å². The van der Waals surface area contributed by atoms with Crippen molar-refractivity contribution in [2.45, 2.75) is 19.3 Å². The number of nitrogens with zero attached hydrogens (tertiary/aromatic N) is 4. The van der Waals surface area contributed by atoms with Crippen LogP contribution in [-0.4, -0.2) is 56.5 Å². The van der Waals surface area contributed by atoms with Crippen molar-refractivity contribution in [2.75, 3.05) is 25.1 Å². The zero-order chi connectivity index (χ0) is 24.7. The van der Waals surface area contributed by atoms with E-state index in [0.29, 0.717) is 49.1 Å². The van der Waals surface area contributed by atoms with Crippen LogP contribution >= 0.6 is 0 Å². The van der Waals surface area contributed by atoms with Gasteiger partial charge in [-0.15, -0.1) is 0 Å². The van der Waals surface area contributed by atoms with Crippen molar-refractivity contribution in [3.63, 3.8) is 0 Å². The van der Waals surface area contributed by atoms with Gasteiger partial charge < -0.3 is 15.4 Å². The summed E-state index contributed by atoms with van der Waals surface area (Å²) in [6, 6.07) is 16.8. The van der Waals surface area contributed by atoms with Gasteiger partial charge in [0.05, 0.1) is 23.8 Å². The van der Waals surface area contributed by atoms with Gasteiger partial charge in [0.2, 0.25) is 5.91 Å². The first-order chi connectivity index (χ1) is 17.7. The van der Waals surface area contributed by atoms with Crippen LogP contribution in [-0.2, 0) is 16.0 Å². The predicted molar refractivity (Wildman–Crippen MR) is 134 cm³/mol. The van der Waals surface area contributed by atoms with Gasteiger partial charge in [0.15, 0.2) is 5.82 Å². The average Bonchev–Trinajstić information content (AvgIpc) is 3.60. The predicted octanol–water partition coefficient (Wildman–Crippen LogP) is 3.00. The lowest BCUT2D eigenvalue weighted by atomic mass is 9.99. The first-order valence-electron chi connectivity index (χ1n) is 11.9. The standard InChI is InChI=1S/C26H27N7O3/c34-25(27-13-10-23-30-24(32-31-23)18-4-2-1-3-5-18)19-6-8-22(9-7-19)33-17-21(16-28-33)29-26(35)20-11-14-36-15-12-20/h1-9,16-17,20H,10-15H2,(H,27,34)(H,29,35)(H,30,31,32). The summed E-state index contributed by atoms with van der Waals surface area (Å²) in [5.41, 5.74) is 2.90. The smallest absolute Gasteiger partial charge is 0.251 e. The molecule has 2 aromatic heterocycles. The molecule has 0 aliphatic carbocycles. The summed E-state index contributed by atoms with van der Waals surface area (Å²) in [5.74, 6) is 1.14. The van der Waals surface area contributed by atoms with E-state index >= 15 is 0 Å². The summed E-state index contributed by atoms with van der Waals surface area (Å²) < 4.78 is 6.98. The van der Waals surface area contributed by atoms with Crippen LogP contribution in [0.1, 0.15) is 29.0 Å². The molecule has 5 rings (SSSR count). The Morgan fingerprint density at radius 2 is 1.83 bits per heavy atom. The molecule has 0 saturated carbocycles. The fourth-order valence-electron chi connectivity index (χ4n) is 4.02. The van der Waals surface area contributed by atoms with Crippen molar-refractivity contribution >= 4 is 17.5 Å². The minimum atomic E-state index is -0.172. The molecule has 10 heteroatoms. The number of hydrogen-bond acceptors (Lipinski definition) is 6. The van der Waals surface area contributed by atoms with E-state index in [1.807, 2.05) is 42.5 Å². The van der Waals surface area contributed by atoms with Gasteiger partial charge in [-0.05, 0) is 37.1 Å². The second-order valence-corrected chi connectivity index (χ2v) is 8.57. The molecule has 2 amide bonds. The van der Waals surface area contributed by atoms with Gasteiger partial charge in [-0.3, -0.25) is 14.7 Å². The zero-order valence-electron chi connectivity index (χ0n) is 19.7. The van der Waals surface area contributed by atoms with E-state index in [4.69, 9.17) is 4.74 Å². The Bertz CT molecular complexity index is 1310. The second-order valence-electron chi connectivity index (χ2n) is 8.57. The maximum Gasteiger partial charge on any atom is 0.251 e. The normalized spacial score (nSPS) is 13.9. The number of amides is 2. The monoisotopic (exact) mass is 485 g/mol. The number of hydrogen-bond donors (Lipinski definition) is 3. The molecule has 3 heterocycles. The molecule has 10 nitrogen and oxygen atoms in total. The van der Waals surface area contributed by atoms with E-state index < -0.39 is 0 Å². The molecule has 1 aliphatic heterocycles. The first-order valence-corrected chi connectivity index (χ1v) is 11.9. The van der Waals surface area contributed by atoms with Gasteiger partial charge in [-0.2, -0.15) is 10.2 Å². The fraction of sp³-hybridized carbons (Fsp3) is 0.269. The van der Waals surface area contributed by atoms with Crippen LogP contribution in [0.2, 0.25) is 0 Å². The molecular formula is C26H27N7O3. The lowest BCUT2D eigenvalue weighted by molar-refractivity contribution is -0.122. The molecule has 0 spiro atoms. The summed E-state index contributed by atoms with van der Waals surface area (Å²) in [6.45, 7) is 1.67. The molecule has 3 N–H and O–H groups in total. The molecule has 1 fully saturated rings. The third kappa shape index (κ3) is 5.66. The Labute approximate surface area is 208 Å². The molecule has 1 saturated heterocycles. The van der Waals surface area contributed by atoms with Crippen molar-refractivity contribution in [1.29, 1.82) is 0 Å². The van der Waals surface area contributed by atoms with Crippen LogP contribution in [0.25, 0.3) is 17.1 Å². The number of aromatic nitrogens is 5. The van der Waals surface area contributed by atoms with Crippen molar-refractivity contribution in [3.8, 4) is 17.1 Å². The number of carbonyl (C=O) groups excluding carboxylic acids is 2. The van der Waals surface area contributed by atoms with Crippen molar-refractivity contribution < 1.29 is 14.3 Å². The summed E-state index contributed by atoms with van der Waals surface area (Å²) in [6.07, 6.45) is 5.38. The molecule has 184 valence electrons. The minimum Gasteiger partial charge on any atom is -0.381 e. The number of ether oxygens (including phenoxy) is 1. The molecule has 36 heavy (non-hydrogen) atoms.